The first-order chi connectivity index (χ1) is 12.6. The van der Waals surface area contributed by atoms with E-state index in [1.807, 2.05) is 18.2 Å². The molecule has 1 aromatic carbocycles. The van der Waals surface area contributed by atoms with E-state index in [1.54, 1.807) is 12.1 Å². The molecule has 1 aliphatic heterocycles. The van der Waals surface area contributed by atoms with Gasteiger partial charge in [0.2, 0.25) is 11.8 Å². The molecular formula is C21H28N2O3. The first-order valence-corrected chi connectivity index (χ1v) is 9.91. The maximum Gasteiger partial charge on any atom is 0.338 e. The van der Waals surface area contributed by atoms with Gasteiger partial charge >= 0.3 is 6.03 Å². The third-order valence-corrected chi connectivity index (χ3v) is 5.50. The zero-order valence-corrected chi connectivity index (χ0v) is 15.5. The molecule has 0 aromatic heterocycles. The lowest BCUT2D eigenvalue weighted by atomic mass is 9.90. The second-order valence-corrected chi connectivity index (χ2v) is 7.34. The van der Waals surface area contributed by atoms with Gasteiger partial charge in [0.05, 0.1) is 5.69 Å². The Morgan fingerprint density at radius 1 is 0.923 bits per heavy atom. The van der Waals surface area contributed by atoms with E-state index in [4.69, 9.17) is 0 Å². The van der Waals surface area contributed by atoms with Crippen LogP contribution in [0.25, 0.3) is 0 Å². The Kier molecular flexibility index (Phi) is 6.07. The van der Waals surface area contributed by atoms with Crippen LogP contribution in [-0.2, 0) is 9.59 Å². The van der Waals surface area contributed by atoms with Crippen molar-refractivity contribution in [3.8, 4) is 0 Å². The zero-order chi connectivity index (χ0) is 18.5. The van der Waals surface area contributed by atoms with Crippen molar-refractivity contribution >= 4 is 23.5 Å². The number of imide groups is 2. The fraction of sp³-hybridized carbons (Fsp3) is 0.571. The SMILES string of the molecule is CCCCCC1C(=O)N(c2ccccc2)C(=O)N(C2CCCCC2)C1=O. The fourth-order valence-corrected chi connectivity index (χ4v) is 4.06. The van der Waals surface area contributed by atoms with Crippen molar-refractivity contribution < 1.29 is 14.4 Å². The first kappa shape index (κ1) is 18.6. The summed E-state index contributed by atoms with van der Waals surface area (Å²) in [6.07, 6.45) is 8.25. The molecule has 0 N–H and O–H groups in total. The monoisotopic (exact) mass is 356 g/mol. The van der Waals surface area contributed by atoms with Gasteiger partial charge in [0, 0.05) is 6.04 Å². The molecule has 0 bridgehead atoms. The van der Waals surface area contributed by atoms with Crippen molar-refractivity contribution in [3.05, 3.63) is 30.3 Å². The van der Waals surface area contributed by atoms with Crippen molar-refractivity contribution in [1.82, 2.24) is 4.90 Å². The Bertz CT molecular complexity index is 652. The lowest BCUT2D eigenvalue weighted by molar-refractivity contribution is -0.143. The number of hydrogen-bond donors (Lipinski definition) is 0. The predicted octanol–water partition coefficient (Wildman–Crippen LogP) is 4.51. The van der Waals surface area contributed by atoms with E-state index in [0.29, 0.717) is 12.1 Å². The maximum absolute atomic E-state index is 13.1. The molecule has 1 atom stereocenters. The van der Waals surface area contributed by atoms with Crippen LogP contribution in [-0.4, -0.2) is 28.8 Å². The number of benzene rings is 1. The van der Waals surface area contributed by atoms with Crippen LogP contribution in [0.2, 0.25) is 0 Å². The van der Waals surface area contributed by atoms with Gasteiger partial charge < -0.3 is 0 Å². The molecule has 1 aliphatic carbocycles. The maximum atomic E-state index is 13.1. The van der Waals surface area contributed by atoms with Crippen LogP contribution in [0.1, 0.15) is 64.7 Å². The van der Waals surface area contributed by atoms with Gasteiger partial charge in [0.15, 0.2) is 0 Å². The predicted molar refractivity (Wildman–Crippen MR) is 101 cm³/mol. The van der Waals surface area contributed by atoms with Gasteiger partial charge in [-0.15, -0.1) is 0 Å². The molecule has 1 saturated carbocycles. The second-order valence-electron chi connectivity index (χ2n) is 7.34. The number of anilines is 1. The van der Waals surface area contributed by atoms with Gasteiger partial charge in [-0.25, -0.2) is 9.69 Å². The number of hydrogen-bond acceptors (Lipinski definition) is 3. The van der Waals surface area contributed by atoms with Crippen molar-refractivity contribution in [3.63, 3.8) is 0 Å². The highest BCUT2D eigenvalue weighted by atomic mass is 16.2. The Balaban J connectivity index is 1.91. The number of carbonyl (C=O) groups excluding carboxylic acids is 3. The number of para-hydroxylation sites is 1. The lowest BCUT2D eigenvalue weighted by Gasteiger charge is -2.41. The van der Waals surface area contributed by atoms with Gasteiger partial charge in [-0.05, 0) is 31.4 Å². The summed E-state index contributed by atoms with van der Waals surface area (Å²) in [5.41, 5.74) is 0.552. The highest BCUT2D eigenvalue weighted by Crippen LogP contribution is 2.32. The third kappa shape index (κ3) is 3.67. The summed E-state index contributed by atoms with van der Waals surface area (Å²) >= 11 is 0. The lowest BCUT2D eigenvalue weighted by Crippen LogP contribution is -2.63. The summed E-state index contributed by atoms with van der Waals surface area (Å²) in [6.45, 7) is 2.10. The van der Waals surface area contributed by atoms with Crippen LogP contribution in [0.5, 0.6) is 0 Å². The van der Waals surface area contributed by atoms with Crippen LogP contribution >= 0.6 is 0 Å². The minimum atomic E-state index is -0.735. The summed E-state index contributed by atoms with van der Waals surface area (Å²) in [6, 6.07) is 8.45. The summed E-state index contributed by atoms with van der Waals surface area (Å²) in [5.74, 6) is -1.38. The molecule has 1 saturated heterocycles. The molecule has 1 heterocycles. The van der Waals surface area contributed by atoms with Gasteiger partial charge in [-0.1, -0.05) is 63.6 Å². The molecule has 140 valence electrons. The quantitative estimate of drug-likeness (QED) is 0.556. The number of amides is 4. The summed E-state index contributed by atoms with van der Waals surface area (Å²) in [7, 11) is 0. The largest absolute Gasteiger partial charge is 0.338 e. The number of urea groups is 1. The molecule has 4 amide bonds. The van der Waals surface area contributed by atoms with E-state index < -0.39 is 11.9 Å². The average Bonchev–Trinajstić information content (AvgIpc) is 2.66. The van der Waals surface area contributed by atoms with Crippen molar-refractivity contribution in [1.29, 1.82) is 0 Å². The Morgan fingerprint density at radius 2 is 1.62 bits per heavy atom. The second kappa shape index (κ2) is 8.47. The first-order valence-electron chi connectivity index (χ1n) is 9.91. The van der Waals surface area contributed by atoms with Crippen LogP contribution < -0.4 is 4.90 Å². The van der Waals surface area contributed by atoms with Gasteiger partial charge in [-0.3, -0.25) is 14.5 Å². The highest BCUT2D eigenvalue weighted by Gasteiger charge is 2.48. The van der Waals surface area contributed by atoms with E-state index >= 15 is 0 Å². The molecule has 0 spiro atoms. The minimum absolute atomic E-state index is 0.0725. The standard InChI is InChI=1S/C21H28N2O3/c1-2-3-6-15-18-19(24)22(16-11-7-4-8-12-16)21(26)23(20(18)25)17-13-9-5-10-14-17/h4,7-8,11-12,17-18H,2-3,5-6,9-10,13-15H2,1H3. The number of unbranched alkanes of at least 4 members (excludes halogenated alkanes) is 2. The van der Waals surface area contributed by atoms with Gasteiger partial charge in [0.1, 0.15) is 5.92 Å². The molecule has 26 heavy (non-hydrogen) atoms. The zero-order valence-electron chi connectivity index (χ0n) is 15.5. The Morgan fingerprint density at radius 3 is 2.27 bits per heavy atom. The van der Waals surface area contributed by atoms with Crippen molar-refractivity contribution in [2.75, 3.05) is 4.90 Å². The smallest absolute Gasteiger partial charge is 0.273 e. The molecule has 1 unspecified atom stereocenters. The Labute approximate surface area is 155 Å². The van der Waals surface area contributed by atoms with E-state index in [9.17, 15) is 14.4 Å². The number of carbonyl (C=O) groups is 3. The average molecular weight is 356 g/mol. The summed E-state index contributed by atoms with van der Waals surface area (Å²) in [4.78, 5) is 41.9. The number of nitrogens with zero attached hydrogens (tertiary/aromatic N) is 2. The molecule has 5 nitrogen and oxygen atoms in total. The summed E-state index contributed by atoms with van der Waals surface area (Å²) in [5, 5.41) is 0. The normalized spacial score (nSPS) is 22.2. The Hall–Kier alpha value is -2.17. The molecule has 5 heteroatoms. The minimum Gasteiger partial charge on any atom is -0.273 e. The number of barbiturate groups is 1. The molecule has 3 rings (SSSR count). The topological polar surface area (TPSA) is 57.7 Å². The van der Waals surface area contributed by atoms with Crippen molar-refractivity contribution in [2.45, 2.75) is 70.8 Å². The fourth-order valence-electron chi connectivity index (χ4n) is 4.06. The number of rotatable bonds is 6. The molecule has 2 fully saturated rings. The molecule has 0 radical (unpaired) electrons. The summed E-state index contributed by atoms with van der Waals surface area (Å²) < 4.78 is 0. The van der Waals surface area contributed by atoms with E-state index in [0.717, 1.165) is 51.4 Å². The van der Waals surface area contributed by atoms with Gasteiger partial charge in [-0.2, -0.15) is 0 Å². The molecule has 1 aromatic rings. The van der Waals surface area contributed by atoms with Crippen LogP contribution in [0.4, 0.5) is 10.5 Å². The van der Waals surface area contributed by atoms with E-state index in [2.05, 4.69) is 6.92 Å². The van der Waals surface area contributed by atoms with Gasteiger partial charge in [0.25, 0.3) is 0 Å². The highest BCUT2D eigenvalue weighted by molar-refractivity contribution is 6.27. The van der Waals surface area contributed by atoms with Crippen LogP contribution in [0.3, 0.4) is 0 Å². The van der Waals surface area contributed by atoms with Crippen LogP contribution in [0, 0.1) is 5.92 Å². The van der Waals surface area contributed by atoms with E-state index in [1.165, 1.54) is 9.80 Å². The molecule has 2 aliphatic rings. The third-order valence-electron chi connectivity index (χ3n) is 5.50. The van der Waals surface area contributed by atoms with E-state index in [-0.39, 0.29) is 17.9 Å². The van der Waals surface area contributed by atoms with Crippen molar-refractivity contribution in [2.24, 2.45) is 5.92 Å². The van der Waals surface area contributed by atoms with Crippen LogP contribution in [0.15, 0.2) is 30.3 Å². The molecular weight excluding hydrogens is 328 g/mol.